The van der Waals surface area contributed by atoms with Gasteiger partial charge in [-0.25, -0.2) is 0 Å². The molecule has 1 spiro atoms. The van der Waals surface area contributed by atoms with Crippen molar-refractivity contribution in [3.8, 4) is 0 Å². The van der Waals surface area contributed by atoms with E-state index in [0.717, 1.165) is 17.6 Å². The molecule has 3 rings (SSSR count). The number of anilines is 2. The average Bonchev–Trinajstić information content (AvgIpc) is 2.52. The zero-order chi connectivity index (χ0) is 11.7. The molecule has 92 valence electrons. The van der Waals surface area contributed by atoms with Gasteiger partial charge in [-0.1, -0.05) is 35.2 Å². The van der Waals surface area contributed by atoms with Gasteiger partial charge in [-0.15, -0.1) is 0 Å². The first-order valence-electron chi connectivity index (χ1n) is 6.55. The molecule has 1 fully saturated rings. The second-order valence-electron chi connectivity index (χ2n) is 5.46. The molecule has 2 N–H and O–H groups in total. The molecule has 17 heavy (non-hydrogen) atoms. The van der Waals surface area contributed by atoms with Crippen LogP contribution in [0, 0.1) is 5.41 Å². The zero-order valence-electron chi connectivity index (χ0n) is 10.1. The summed E-state index contributed by atoms with van der Waals surface area (Å²) in [6.45, 7) is 2.23. The Labute approximate surface area is 111 Å². The largest absolute Gasteiger partial charge is 0.383 e. The minimum atomic E-state index is 0.476. The van der Waals surface area contributed by atoms with Crippen LogP contribution in [0.15, 0.2) is 22.7 Å². The van der Waals surface area contributed by atoms with Crippen molar-refractivity contribution in [2.75, 3.05) is 23.7 Å². The molecule has 2 aliphatic rings. The number of hydrogen-bond acceptors (Lipinski definition) is 2. The highest BCUT2D eigenvalue weighted by Gasteiger charge is 2.33. The van der Waals surface area contributed by atoms with E-state index >= 15 is 0 Å². The lowest BCUT2D eigenvalue weighted by Gasteiger charge is -2.36. The van der Waals surface area contributed by atoms with Crippen molar-refractivity contribution in [1.82, 2.24) is 0 Å². The Morgan fingerprint density at radius 2 is 1.65 bits per heavy atom. The summed E-state index contributed by atoms with van der Waals surface area (Å²) in [5.74, 6) is 0. The summed E-state index contributed by atoms with van der Waals surface area (Å²) in [4.78, 5) is 0. The maximum Gasteiger partial charge on any atom is 0.0587 e. The zero-order valence-corrected chi connectivity index (χ0v) is 11.6. The number of nitrogens with one attached hydrogen (secondary N) is 2. The lowest BCUT2D eigenvalue weighted by atomic mass is 9.74. The molecule has 0 atom stereocenters. The molecule has 0 bridgehead atoms. The first kappa shape index (κ1) is 11.4. The number of halogens is 1. The molecule has 2 nitrogen and oxygen atoms in total. The van der Waals surface area contributed by atoms with E-state index in [1.807, 2.05) is 0 Å². The minimum Gasteiger partial charge on any atom is -0.383 e. The molecule has 1 aromatic carbocycles. The molecule has 3 heteroatoms. The first-order valence-corrected chi connectivity index (χ1v) is 7.34. The summed E-state index contributed by atoms with van der Waals surface area (Å²) in [5.41, 5.74) is 2.96. The van der Waals surface area contributed by atoms with Gasteiger partial charge in [0.05, 0.1) is 11.4 Å². The van der Waals surface area contributed by atoms with E-state index in [1.165, 1.54) is 43.5 Å². The third-order valence-corrected chi connectivity index (χ3v) is 4.70. The minimum absolute atomic E-state index is 0.476. The molecule has 0 amide bonds. The average molecular weight is 295 g/mol. The van der Waals surface area contributed by atoms with Crippen molar-refractivity contribution in [2.24, 2.45) is 5.41 Å². The molecule has 1 aliphatic carbocycles. The van der Waals surface area contributed by atoms with Gasteiger partial charge in [-0.2, -0.15) is 0 Å². The molecule has 0 radical (unpaired) electrons. The Morgan fingerprint density at radius 3 is 2.41 bits per heavy atom. The Hall–Kier alpha value is -0.700. The van der Waals surface area contributed by atoms with E-state index in [4.69, 9.17) is 0 Å². The van der Waals surface area contributed by atoms with Crippen molar-refractivity contribution >= 4 is 27.3 Å². The van der Waals surface area contributed by atoms with Crippen LogP contribution in [0.1, 0.15) is 32.1 Å². The van der Waals surface area contributed by atoms with Gasteiger partial charge in [0.15, 0.2) is 0 Å². The second-order valence-corrected chi connectivity index (χ2v) is 6.37. The molecule has 1 aromatic rings. The topological polar surface area (TPSA) is 24.1 Å². The number of fused-ring (bicyclic) bond motifs is 1. The summed E-state index contributed by atoms with van der Waals surface area (Å²) in [5, 5.41) is 7.26. The lowest BCUT2D eigenvalue weighted by molar-refractivity contribution is 0.224. The maximum atomic E-state index is 3.63. The van der Waals surface area contributed by atoms with E-state index < -0.39 is 0 Å². The Morgan fingerprint density at radius 1 is 0.941 bits per heavy atom. The fraction of sp³-hybridized carbons (Fsp3) is 0.571. The highest BCUT2D eigenvalue weighted by molar-refractivity contribution is 9.10. The van der Waals surface area contributed by atoms with Crippen molar-refractivity contribution in [1.29, 1.82) is 0 Å². The SMILES string of the molecule is Brc1ccc2c(c1)NCC1(CCCCC1)CN2. The van der Waals surface area contributed by atoms with Crippen molar-refractivity contribution in [3.05, 3.63) is 22.7 Å². The Balaban J connectivity index is 1.82. The summed E-state index contributed by atoms with van der Waals surface area (Å²) >= 11 is 3.54. The summed E-state index contributed by atoms with van der Waals surface area (Å²) in [7, 11) is 0. The molecule has 0 aromatic heterocycles. The van der Waals surface area contributed by atoms with E-state index in [-0.39, 0.29) is 0 Å². The van der Waals surface area contributed by atoms with Crippen molar-refractivity contribution in [2.45, 2.75) is 32.1 Å². The van der Waals surface area contributed by atoms with Crippen LogP contribution in [0.3, 0.4) is 0 Å². The Bertz CT molecular complexity index is 411. The summed E-state index contributed by atoms with van der Waals surface area (Å²) in [6.07, 6.45) is 6.93. The fourth-order valence-electron chi connectivity index (χ4n) is 3.10. The fourth-order valence-corrected chi connectivity index (χ4v) is 3.46. The van der Waals surface area contributed by atoms with Gasteiger partial charge in [0.25, 0.3) is 0 Å². The molecular weight excluding hydrogens is 276 g/mol. The van der Waals surface area contributed by atoms with Crippen molar-refractivity contribution in [3.63, 3.8) is 0 Å². The van der Waals surface area contributed by atoms with Crippen molar-refractivity contribution < 1.29 is 0 Å². The van der Waals surface area contributed by atoms with E-state index in [2.05, 4.69) is 44.8 Å². The molecule has 1 saturated carbocycles. The molecule has 1 aliphatic heterocycles. The van der Waals surface area contributed by atoms with Gasteiger partial charge in [0, 0.05) is 23.0 Å². The Kier molecular flexibility index (Phi) is 3.03. The molecular formula is C14H19BrN2. The smallest absolute Gasteiger partial charge is 0.0587 e. The van der Waals surface area contributed by atoms with Crippen LogP contribution in [-0.2, 0) is 0 Å². The van der Waals surface area contributed by atoms with Crippen LogP contribution < -0.4 is 10.6 Å². The van der Waals surface area contributed by atoms with Gasteiger partial charge in [-0.05, 0) is 31.0 Å². The third-order valence-electron chi connectivity index (χ3n) is 4.20. The maximum absolute atomic E-state index is 3.63. The van der Waals surface area contributed by atoms with Gasteiger partial charge in [0.1, 0.15) is 0 Å². The summed E-state index contributed by atoms with van der Waals surface area (Å²) in [6, 6.07) is 6.44. The highest BCUT2D eigenvalue weighted by atomic mass is 79.9. The van der Waals surface area contributed by atoms with Crippen LogP contribution in [0.25, 0.3) is 0 Å². The van der Waals surface area contributed by atoms with Crippen LogP contribution in [-0.4, -0.2) is 13.1 Å². The normalized spacial score (nSPS) is 22.2. The highest BCUT2D eigenvalue weighted by Crippen LogP contribution is 2.40. The monoisotopic (exact) mass is 294 g/mol. The third kappa shape index (κ3) is 2.30. The lowest BCUT2D eigenvalue weighted by Crippen LogP contribution is -2.36. The van der Waals surface area contributed by atoms with E-state index in [9.17, 15) is 0 Å². The second kappa shape index (κ2) is 4.52. The predicted molar refractivity (Wildman–Crippen MR) is 76.6 cm³/mol. The van der Waals surface area contributed by atoms with Gasteiger partial charge in [-0.3, -0.25) is 0 Å². The van der Waals surface area contributed by atoms with Gasteiger partial charge < -0.3 is 10.6 Å². The number of benzene rings is 1. The van der Waals surface area contributed by atoms with Crippen LogP contribution in [0.2, 0.25) is 0 Å². The van der Waals surface area contributed by atoms with Crippen LogP contribution in [0.4, 0.5) is 11.4 Å². The molecule has 0 unspecified atom stereocenters. The van der Waals surface area contributed by atoms with Gasteiger partial charge in [0.2, 0.25) is 0 Å². The summed E-state index contributed by atoms with van der Waals surface area (Å²) < 4.78 is 1.14. The standard InChI is InChI=1S/C14H19BrN2/c15-11-4-5-12-13(8-11)17-10-14(9-16-12)6-2-1-3-7-14/h4-5,8,16-17H,1-3,6-7,9-10H2. The quantitative estimate of drug-likeness (QED) is 0.748. The number of hydrogen-bond donors (Lipinski definition) is 2. The first-order chi connectivity index (χ1) is 8.27. The molecule has 1 heterocycles. The van der Waals surface area contributed by atoms with Gasteiger partial charge >= 0.3 is 0 Å². The van der Waals surface area contributed by atoms with Crippen LogP contribution in [0.5, 0.6) is 0 Å². The van der Waals surface area contributed by atoms with E-state index in [0.29, 0.717) is 5.41 Å². The van der Waals surface area contributed by atoms with E-state index in [1.54, 1.807) is 0 Å². The number of rotatable bonds is 0. The predicted octanol–water partition coefficient (Wildman–Crippen LogP) is 4.24. The molecule has 0 saturated heterocycles. The van der Waals surface area contributed by atoms with Crippen LogP contribution >= 0.6 is 15.9 Å².